The molecule has 0 aromatic carbocycles. The van der Waals surface area contributed by atoms with Crippen molar-refractivity contribution < 1.29 is 166 Å². The summed E-state index contributed by atoms with van der Waals surface area (Å²) in [7, 11) is -5.17. The lowest BCUT2D eigenvalue weighted by Crippen LogP contribution is -2.69. The normalized spacial score (nSPS) is 49.7. The van der Waals surface area contributed by atoms with Gasteiger partial charge in [-0.3, -0.25) is 4.55 Å². The van der Waals surface area contributed by atoms with E-state index in [0.29, 0.717) is 0 Å². The van der Waals surface area contributed by atoms with E-state index in [2.05, 4.69) is 0 Å². The molecule has 0 aromatic rings. The van der Waals surface area contributed by atoms with Crippen LogP contribution in [-0.4, -0.2) is 335 Å². The second-order valence-corrected chi connectivity index (χ2v) is 21.2. The lowest BCUT2D eigenvalue weighted by molar-refractivity contribution is -0.408. The molecule has 0 radical (unpaired) electrons. The van der Waals surface area contributed by atoms with Crippen LogP contribution in [0.1, 0.15) is 33.1 Å². The Morgan fingerprint density at radius 3 is 0.859 bits per heavy atom. The Morgan fingerprint density at radius 1 is 0.372 bits per heavy atom. The lowest BCUT2D eigenvalue weighted by Gasteiger charge is -2.51. The predicted octanol–water partition coefficient (Wildman–Crippen LogP) is -11.3. The smallest absolute Gasteiger partial charge is 0.292 e. The number of rotatable bonds is 14. The fourth-order valence-corrected chi connectivity index (χ4v) is 11.0. The third kappa shape index (κ3) is 13.4. The van der Waals surface area contributed by atoms with E-state index >= 15 is 0 Å². The van der Waals surface area contributed by atoms with Crippen molar-refractivity contribution in [3.05, 3.63) is 0 Å². The van der Waals surface area contributed by atoms with Gasteiger partial charge in [-0.1, -0.05) is 20.3 Å². The second-order valence-electron chi connectivity index (χ2n) is 19.7. The van der Waals surface area contributed by atoms with Crippen molar-refractivity contribution >= 4 is 10.1 Å². The van der Waals surface area contributed by atoms with Gasteiger partial charge in [-0.05, 0) is 12.8 Å². The molecule has 22 rings (SSSR count). The summed E-state index contributed by atoms with van der Waals surface area (Å²) >= 11 is 0. The van der Waals surface area contributed by atoms with E-state index in [4.69, 9.17) is 66.3 Å². The van der Waals surface area contributed by atoms with Gasteiger partial charge in [0.15, 0.2) is 49.5 Å². The van der Waals surface area contributed by atoms with Crippen molar-refractivity contribution in [3.63, 3.8) is 0 Å². The van der Waals surface area contributed by atoms with Crippen LogP contribution in [0.25, 0.3) is 0 Å². The molecule has 0 amide bonds. The summed E-state index contributed by atoms with van der Waals surface area (Å²) in [6, 6.07) is 0. The van der Waals surface area contributed by atoms with Crippen LogP contribution in [0.2, 0.25) is 0 Å². The largest absolute Gasteiger partial charge is 0.394 e. The molecule has 32 atom stereocenters. The molecule has 35 heteroatoms. The van der Waals surface area contributed by atoms with Crippen LogP contribution in [-0.2, 0) is 76.4 Å². The minimum atomic E-state index is -5.17. The van der Waals surface area contributed by atoms with Crippen LogP contribution >= 0.6 is 0 Å². The standard InChI is InChI=1S/C43H74O34S/c1-3-5-19(78(61,62)63)71-37-29(60)42-68-17(11-49)35(37)77-43-28(59)36(70-18(50)4-2)34(16(10-48)69-43)76-41-27(58)23(54)32(14(8-46)67-41)74-39-25(56)21(52)30(12(6-44)65-39)72-38-24(55)20(51)31(13(7-45)64-38)73-40-26(57)22(53)33(75-42)15(9-47)66-40/h12-60H,3-11H2,1-2H3,(H,61,62,63)/t12-,13-,14-,15-,16-,17-,18?,19?,20-,21-,22-,23-,24-,25-,26-,27-,28-,29-,30-,31-,32-,33-,34+,35+,36-,37-,38-,39-,40-,41-,42-,43-/m1/s1. The molecule has 0 saturated carbocycles. The number of aliphatic hydroxyl groups excluding tert-OH is 17. The highest BCUT2D eigenvalue weighted by atomic mass is 32.2. The Labute approximate surface area is 444 Å². The molecule has 22 fully saturated rings. The molecule has 0 spiro atoms. The van der Waals surface area contributed by atoms with Crippen LogP contribution < -0.4 is 0 Å². The number of aliphatic hydroxyl groups is 17. The van der Waals surface area contributed by atoms with Crippen molar-refractivity contribution in [3.8, 4) is 0 Å². The molecule has 12 bridgehead atoms. The Balaban J connectivity index is 1.28. The van der Waals surface area contributed by atoms with Gasteiger partial charge in [0.25, 0.3) is 10.1 Å². The van der Waals surface area contributed by atoms with Gasteiger partial charge in [-0.15, -0.1) is 0 Å². The van der Waals surface area contributed by atoms with E-state index in [9.17, 15) is 99.8 Å². The molecule has 0 aromatic heterocycles. The predicted molar refractivity (Wildman–Crippen MR) is 240 cm³/mol. The fraction of sp³-hybridized carbons (Fsp3) is 1.00. The molecule has 0 aliphatic carbocycles. The van der Waals surface area contributed by atoms with E-state index in [1.165, 1.54) is 13.8 Å². The molecule has 22 aliphatic rings. The maximum absolute atomic E-state index is 12.7. The first kappa shape index (κ1) is 64.2. The van der Waals surface area contributed by atoms with E-state index in [0.717, 1.165) is 0 Å². The summed E-state index contributed by atoms with van der Waals surface area (Å²) in [6.07, 6.45) is -63.3. The van der Waals surface area contributed by atoms with Gasteiger partial charge in [0.1, 0.15) is 146 Å². The maximum atomic E-state index is 12.7. The average molecular weight is 1170 g/mol. The van der Waals surface area contributed by atoms with Crippen molar-refractivity contribution in [1.82, 2.24) is 0 Å². The summed E-state index contributed by atoms with van der Waals surface area (Å²) in [5.41, 5.74) is -2.16. The number of hydrogen-bond acceptors (Lipinski definition) is 33. The van der Waals surface area contributed by atoms with Crippen LogP contribution in [0.3, 0.4) is 0 Å². The van der Waals surface area contributed by atoms with Gasteiger partial charge < -0.3 is 153 Å². The molecule has 78 heavy (non-hydrogen) atoms. The Hall–Kier alpha value is -1.33. The highest BCUT2D eigenvalue weighted by Crippen LogP contribution is 2.39. The first-order valence-electron chi connectivity index (χ1n) is 25.3. The minimum absolute atomic E-state index is 0.0274. The molecular weight excluding hydrogens is 1090 g/mol. The first-order valence-corrected chi connectivity index (χ1v) is 26.8. The summed E-state index contributed by atoms with van der Waals surface area (Å²) in [6.45, 7) is -3.49. The zero-order valence-electron chi connectivity index (χ0n) is 41.8. The van der Waals surface area contributed by atoms with Crippen LogP contribution in [0, 0.1) is 0 Å². The fourth-order valence-electron chi connectivity index (χ4n) is 10.2. The molecule has 22 saturated heterocycles. The van der Waals surface area contributed by atoms with Gasteiger partial charge >= 0.3 is 0 Å². The molecule has 22 heterocycles. The van der Waals surface area contributed by atoms with Crippen molar-refractivity contribution in [2.24, 2.45) is 0 Å². The summed E-state index contributed by atoms with van der Waals surface area (Å²) in [4.78, 5) is 0. The SMILES string of the molecule is CCCC(O[C@@H]1[C@@H](O)[C@H]2O[C@H]3[C@H](O)[C@@H](O)[C@@H](O[C@H]4[C@H](O)[C@@H](O)[C@@H](O[C@H]5[C@H](O)[C@@H](O)[C@@H](O[C@H]6[C@H](O)[C@@H](O)[C@@H](O[C@@H]7[C@H](OC(O)CC)[C@@H](O)[C@@H](O[C@H]1[C@@H](CO)O2)O[C@@H]7CO)O[C@@H]6CO)O[C@@H]5CO)O[C@@H]4CO)O[C@@H]3CO)S(=O)(=O)O. The van der Waals surface area contributed by atoms with E-state index in [1.807, 2.05) is 0 Å². The molecule has 2 unspecified atom stereocenters. The zero-order valence-corrected chi connectivity index (χ0v) is 42.6. The van der Waals surface area contributed by atoms with E-state index < -0.39 is 252 Å². The monoisotopic (exact) mass is 1170 g/mol. The maximum Gasteiger partial charge on any atom is 0.292 e. The number of ether oxygens (including phenoxy) is 14. The molecule has 456 valence electrons. The van der Waals surface area contributed by atoms with Gasteiger partial charge in [-0.2, -0.15) is 8.42 Å². The third-order valence-electron chi connectivity index (χ3n) is 14.4. The van der Waals surface area contributed by atoms with Crippen molar-refractivity contribution in [2.75, 3.05) is 39.6 Å². The number of hydrogen-bond donors (Lipinski definition) is 18. The highest BCUT2D eigenvalue weighted by molar-refractivity contribution is 7.86. The summed E-state index contributed by atoms with van der Waals surface area (Å²) in [5.74, 6) is 0. The van der Waals surface area contributed by atoms with Crippen molar-refractivity contribution in [1.29, 1.82) is 0 Å². The quantitative estimate of drug-likeness (QED) is 0.0567. The van der Waals surface area contributed by atoms with Gasteiger partial charge in [-0.25, -0.2) is 0 Å². The molecule has 22 aliphatic heterocycles. The zero-order chi connectivity index (χ0) is 57.2. The van der Waals surface area contributed by atoms with Crippen LogP contribution in [0.4, 0.5) is 0 Å². The Morgan fingerprint density at radius 2 is 0.615 bits per heavy atom. The van der Waals surface area contributed by atoms with E-state index in [-0.39, 0.29) is 12.8 Å². The van der Waals surface area contributed by atoms with Crippen molar-refractivity contribution in [2.45, 2.75) is 229 Å². The Bertz CT molecular complexity index is 1940. The Kier molecular flexibility index (Phi) is 22.7. The molecule has 34 nitrogen and oxygen atoms in total. The van der Waals surface area contributed by atoms with Gasteiger partial charge in [0.05, 0.1) is 39.6 Å². The topological polar surface area (TPSA) is 528 Å². The lowest BCUT2D eigenvalue weighted by atomic mass is 9.94. The summed E-state index contributed by atoms with van der Waals surface area (Å²) in [5, 5.41) is 189. The third-order valence-corrected chi connectivity index (χ3v) is 15.5. The second kappa shape index (κ2) is 27.6. The average Bonchev–Trinajstić information content (AvgIpc) is 3.58. The summed E-state index contributed by atoms with van der Waals surface area (Å²) < 4.78 is 117. The molecular formula is C43H74O34S. The van der Waals surface area contributed by atoms with Gasteiger partial charge in [0.2, 0.25) is 0 Å². The van der Waals surface area contributed by atoms with Crippen LogP contribution in [0.15, 0.2) is 0 Å². The van der Waals surface area contributed by atoms with Gasteiger partial charge in [0, 0.05) is 0 Å². The van der Waals surface area contributed by atoms with E-state index in [1.54, 1.807) is 0 Å². The highest BCUT2D eigenvalue weighted by Gasteiger charge is 2.60. The van der Waals surface area contributed by atoms with Crippen LogP contribution in [0.5, 0.6) is 0 Å². The minimum Gasteiger partial charge on any atom is -0.394 e. The molecule has 18 N–H and O–H groups in total. The first-order chi connectivity index (χ1) is 37.0.